The van der Waals surface area contributed by atoms with Gasteiger partial charge in [-0.15, -0.1) is 23.4 Å². The van der Waals surface area contributed by atoms with Crippen molar-refractivity contribution in [2.24, 2.45) is 5.16 Å². The molecule has 2 heterocycles. The molecule has 0 unspecified atom stereocenters. The van der Waals surface area contributed by atoms with E-state index in [0.717, 1.165) is 5.56 Å². The van der Waals surface area contributed by atoms with Crippen LogP contribution in [0.25, 0.3) is 0 Å². The van der Waals surface area contributed by atoms with E-state index < -0.39 is 12.5 Å². The normalized spacial score (nSPS) is 22.6. The third-order valence-electron chi connectivity index (χ3n) is 5.26. The second-order valence-corrected chi connectivity index (χ2v) is 7.69. The van der Waals surface area contributed by atoms with Crippen LogP contribution < -0.4 is 5.32 Å². The number of hydrogen-bond donors (Lipinski definition) is 1. The molecular formula is C21H21F3N4O4. The van der Waals surface area contributed by atoms with E-state index in [1.807, 2.05) is 30.3 Å². The van der Waals surface area contributed by atoms with Crippen molar-refractivity contribution in [3.05, 3.63) is 60.0 Å². The minimum atomic E-state index is -4.64. The molecule has 1 aromatic carbocycles. The number of halogens is 3. The monoisotopic (exact) mass is 450 g/mol. The quantitative estimate of drug-likeness (QED) is 0.654. The van der Waals surface area contributed by atoms with E-state index >= 15 is 0 Å². The van der Waals surface area contributed by atoms with Gasteiger partial charge < -0.3 is 14.6 Å². The van der Waals surface area contributed by atoms with Crippen LogP contribution in [0.2, 0.25) is 0 Å². The van der Waals surface area contributed by atoms with Crippen LogP contribution in [0.5, 0.6) is 0 Å². The van der Waals surface area contributed by atoms with Crippen LogP contribution in [0.1, 0.15) is 55.1 Å². The van der Waals surface area contributed by atoms with Crippen molar-refractivity contribution < 1.29 is 32.0 Å². The van der Waals surface area contributed by atoms with Gasteiger partial charge in [0, 0.05) is 24.5 Å². The summed E-state index contributed by atoms with van der Waals surface area (Å²) in [6, 6.07) is 9.49. The maximum Gasteiger partial charge on any atom is 0.522 e. The number of alkyl halides is 3. The molecule has 1 saturated carbocycles. The summed E-state index contributed by atoms with van der Waals surface area (Å²) in [4.78, 5) is 17.7. The highest BCUT2D eigenvalue weighted by Crippen LogP contribution is 2.40. The van der Waals surface area contributed by atoms with E-state index in [0.29, 0.717) is 36.7 Å². The smallest absolute Gasteiger partial charge is 0.425 e. The molecule has 2 aliphatic rings. The molecule has 2 aromatic rings. The van der Waals surface area contributed by atoms with E-state index in [1.165, 1.54) is 0 Å². The van der Waals surface area contributed by atoms with Crippen molar-refractivity contribution >= 4 is 11.6 Å². The van der Waals surface area contributed by atoms with E-state index in [2.05, 4.69) is 32.0 Å². The highest BCUT2D eigenvalue weighted by Gasteiger charge is 2.42. The Hall–Kier alpha value is -3.21. The topological polar surface area (TPSA) is 98.8 Å². The van der Waals surface area contributed by atoms with Gasteiger partial charge in [0.25, 0.3) is 5.91 Å². The number of carbonyl (C=O) groups is 1. The van der Waals surface area contributed by atoms with Gasteiger partial charge in [-0.2, -0.15) is 0 Å². The lowest BCUT2D eigenvalue weighted by molar-refractivity contribution is -0.352. The van der Waals surface area contributed by atoms with Crippen LogP contribution in [0, 0.1) is 0 Å². The van der Waals surface area contributed by atoms with Gasteiger partial charge in [0.15, 0.2) is 6.10 Å². The third kappa shape index (κ3) is 5.52. The van der Waals surface area contributed by atoms with Gasteiger partial charge in [0.2, 0.25) is 11.8 Å². The van der Waals surface area contributed by atoms with Crippen molar-refractivity contribution in [2.45, 2.75) is 56.6 Å². The molecule has 1 amide bonds. The summed E-state index contributed by atoms with van der Waals surface area (Å²) in [5.74, 6) is -0.0170. The third-order valence-corrected chi connectivity index (χ3v) is 5.26. The van der Waals surface area contributed by atoms with Gasteiger partial charge in [-0.3, -0.25) is 9.53 Å². The molecule has 11 heteroatoms. The zero-order valence-corrected chi connectivity index (χ0v) is 17.0. The Morgan fingerprint density at radius 1 is 1.22 bits per heavy atom. The molecule has 4 rings (SSSR count). The van der Waals surface area contributed by atoms with Gasteiger partial charge in [-0.1, -0.05) is 42.1 Å². The zero-order valence-electron chi connectivity index (χ0n) is 17.0. The summed E-state index contributed by atoms with van der Waals surface area (Å²) in [5.41, 5.74) is 1.66. The number of aryl methyl sites for hydroxylation is 1. The number of nitrogens with zero attached hydrogens (tertiary/aromatic N) is 3. The number of allylic oxidation sites excluding steroid dienone is 1. The zero-order chi connectivity index (χ0) is 22.7. The molecule has 1 fully saturated rings. The van der Waals surface area contributed by atoms with Gasteiger partial charge in [0.05, 0.1) is 6.10 Å². The highest BCUT2D eigenvalue weighted by molar-refractivity contribution is 6.39. The van der Waals surface area contributed by atoms with Crippen LogP contribution in [0.15, 0.2) is 52.2 Å². The van der Waals surface area contributed by atoms with Gasteiger partial charge >= 0.3 is 6.36 Å². The number of oxime groups is 1. The number of rotatable bonds is 8. The highest BCUT2D eigenvalue weighted by atomic mass is 19.4. The van der Waals surface area contributed by atoms with Crippen LogP contribution in [-0.2, 0) is 20.8 Å². The number of carbonyl (C=O) groups excluding carboxylic acids is 1. The lowest BCUT2D eigenvalue weighted by Crippen LogP contribution is -2.34. The molecule has 0 saturated heterocycles. The fourth-order valence-electron chi connectivity index (χ4n) is 3.50. The Morgan fingerprint density at radius 3 is 2.69 bits per heavy atom. The predicted molar refractivity (Wildman–Crippen MR) is 105 cm³/mol. The number of ether oxygens (including phenoxy) is 1. The molecule has 0 spiro atoms. The fraction of sp³-hybridized carbons (Fsp3) is 0.429. The number of hydrogen-bond acceptors (Lipinski definition) is 7. The number of aromatic nitrogens is 2. The lowest BCUT2D eigenvalue weighted by Gasteiger charge is -2.32. The van der Waals surface area contributed by atoms with Crippen molar-refractivity contribution in [3.63, 3.8) is 0 Å². The number of amides is 1. The first-order valence-electron chi connectivity index (χ1n) is 10.1. The number of nitrogens with one attached hydrogen (secondary N) is 1. The van der Waals surface area contributed by atoms with Crippen LogP contribution >= 0.6 is 0 Å². The molecule has 1 aliphatic carbocycles. The molecule has 1 aromatic heterocycles. The summed E-state index contributed by atoms with van der Waals surface area (Å²) < 4.78 is 46.1. The van der Waals surface area contributed by atoms with Gasteiger partial charge in [-0.25, -0.2) is 0 Å². The van der Waals surface area contributed by atoms with Gasteiger partial charge in [-0.05, 0) is 24.8 Å². The van der Waals surface area contributed by atoms with Gasteiger partial charge in [0.1, 0.15) is 5.71 Å². The van der Waals surface area contributed by atoms with Crippen molar-refractivity contribution in [2.75, 3.05) is 0 Å². The Balaban J connectivity index is 1.19. The second-order valence-electron chi connectivity index (χ2n) is 7.69. The molecule has 1 N–H and O–H groups in total. The Labute approximate surface area is 181 Å². The van der Waals surface area contributed by atoms with Crippen molar-refractivity contribution in [1.82, 2.24) is 15.5 Å². The molecule has 0 radical (unpaired) electrons. The molecule has 32 heavy (non-hydrogen) atoms. The summed E-state index contributed by atoms with van der Waals surface area (Å²) in [6.07, 6.45) is -4.42. The maximum absolute atomic E-state index is 12.4. The van der Waals surface area contributed by atoms with E-state index in [4.69, 9.17) is 9.25 Å². The molecule has 1 atom stereocenters. The molecule has 0 bridgehead atoms. The first kappa shape index (κ1) is 22.0. The summed E-state index contributed by atoms with van der Waals surface area (Å²) in [7, 11) is 0. The maximum atomic E-state index is 12.4. The average molecular weight is 450 g/mol. The first-order valence-corrected chi connectivity index (χ1v) is 10.1. The summed E-state index contributed by atoms with van der Waals surface area (Å²) in [5, 5.41) is 14.4. The predicted octanol–water partition coefficient (Wildman–Crippen LogP) is 3.93. The Kier molecular flexibility index (Phi) is 6.26. The van der Waals surface area contributed by atoms with E-state index in [9.17, 15) is 18.0 Å². The molecule has 8 nitrogen and oxygen atoms in total. The fourth-order valence-corrected chi connectivity index (χ4v) is 3.50. The van der Waals surface area contributed by atoms with Crippen LogP contribution in [-0.4, -0.2) is 34.3 Å². The average Bonchev–Trinajstić information content (AvgIpc) is 3.39. The van der Waals surface area contributed by atoms with E-state index in [-0.39, 0.29) is 36.5 Å². The van der Waals surface area contributed by atoms with Crippen LogP contribution in [0.3, 0.4) is 0 Å². The lowest BCUT2D eigenvalue weighted by atomic mass is 9.82. The molecular weight excluding hydrogens is 429 g/mol. The minimum Gasteiger partial charge on any atom is -0.425 e. The SMILES string of the molecule is C=C(CCc1nnc([C@H]2C[C@@H](OC(F)(F)F)C2)o1)NC(=O)C1=NO[C@@H](c2ccccc2)C1. The first-order chi connectivity index (χ1) is 15.3. The molecule has 1 aliphatic heterocycles. The van der Waals surface area contributed by atoms with Crippen molar-refractivity contribution in [3.8, 4) is 0 Å². The van der Waals surface area contributed by atoms with E-state index in [1.54, 1.807) is 0 Å². The van der Waals surface area contributed by atoms with Crippen LogP contribution in [0.4, 0.5) is 13.2 Å². The standard InChI is InChI=1S/C21H21F3N4O4/c1-12(25-19(29)16-11-17(32-28-16)13-5-3-2-4-6-13)7-8-18-26-27-20(30-18)14-9-15(10-14)31-21(22,23)24/h2-6,14-15,17H,1,7-11H2,(H,25,29)/t14-,15+,17-/m1/s1. The number of benzene rings is 1. The summed E-state index contributed by atoms with van der Waals surface area (Å²) >= 11 is 0. The van der Waals surface area contributed by atoms with Crippen molar-refractivity contribution in [1.29, 1.82) is 0 Å². The Morgan fingerprint density at radius 2 is 1.97 bits per heavy atom. The minimum absolute atomic E-state index is 0.179. The second kappa shape index (κ2) is 9.11. The Bertz CT molecular complexity index is 1000. The summed E-state index contributed by atoms with van der Waals surface area (Å²) in [6.45, 7) is 3.83. The molecule has 170 valence electrons. The largest absolute Gasteiger partial charge is 0.522 e.